The number of nitrogens with zero attached hydrogens (tertiary/aromatic N) is 1. The average Bonchev–Trinajstić information content (AvgIpc) is 2.94. The Kier molecular flexibility index (Phi) is 3.13. The van der Waals surface area contributed by atoms with E-state index in [-0.39, 0.29) is 6.10 Å². The van der Waals surface area contributed by atoms with Crippen LogP contribution in [0.3, 0.4) is 0 Å². The summed E-state index contributed by atoms with van der Waals surface area (Å²) in [5.74, 6) is 0. The van der Waals surface area contributed by atoms with Gasteiger partial charge in [0.15, 0.2) is 0 Å². The maximum Gasteiger partial charge on any atom is 0.0552 e. The molecule has 0 spiro atoms. The van der Waals surface area contributed by atoms with Crippen LogP contribution >= 0.6 is 0 Å². The first-order valence-corrected chi connectivity index (χ1v) is 7.01. The molecule has 1 aliphatic rings. The highest BCUT2D eigenvalue weighted by Crippen LogP contribution is 2.33. The second-order valence-corrected chi connectivity index (χ2v) is 5.61. The summed E-state index contributed by atoms with van der Waals surface area (Å²) >= 11 is 0. The SMILES string of the molecule is CC(O)Cc1ccc2ccn(C3CCCC3)c2c1. The van der Waals surface area contributed by atoms with Gasteiger partial charge in [0.2, 0.25) is 0 Å². The molecule has 0 amide bonds. The fraction of sp³-hybridized carbons (Fsp3) is 0.500. The van der Waals surface area contributed by atoms with Crippen molar-refractivity contribution in [2.75, 3.05) is 0 Å². The Morgan fingerprint density at radius 1 is 1.28 bits per heavy atom. The lowest BCUT2D eigenvalue weighted by atomic mass is 10.1. The van der Waals surface area contributed by atoms with Crippen LogP contribution in [0, 0.1) is 0 Å². The van der Waals surface area contributed by atoms with Crippen LogP contribution in [0.2, 0.25) is 0 Å². The lowest BCUT2D eigenvalue weighted by molar-refractivity contribution is 0.195. The van der Waals surface area contributed by atoms with Gasteiger partial charge in [-0.15, -0.1) is 0 Å². The molecule has 1 aliphatic carbocycles. The molecule has 3 rings (SSSR count). The average molecular weight is 243 g/mol. The molecule has 1 aromatic carbocycles. The molecule has 1 unspecified atom stereocenters. The lowest BCUT2D eigenvalue weighted by Crippen LogP contribution is -2.05. The summed E-state index contributed by atoms with van der Waals surface area (Å²) in [6.45, 7) is 1.85. The van der Waals surface area contributed by atoms with Crippen LogP contribution in [0.5, 0.6) is 0 Å². The summed E-state index contributed by atoms with van der Waals surface area (Å²) in [5, 5.41) is 10.8. The number of fused-ring (bicyclic) bond motifs is 1. The van der Waals surface area contributed by atoms with Crippen molar-refractivity contribution >= 4 is 10.9 Å². The van der Waals surface area contributed by atoms with Gasteiger partial charge < -0.3 is 9.67 Å². The first kappa shape index (κ1) is 11.8. The first-order valence-electron chi connectivity index (χ1n) is 7.01. The molecule has 1 N–H and O–H groups in total. The van der Waals surface area contributed by atoms with E-state index in [9.17, 15) is 5.11 Å². The van der Waals surface area contributed by atoms with E-state index in [0.717, 1.165) is 6.42 Å². The minimum atomic E-state index is -0.266. The minimum absolute atomic E-state index is 0.266. The summed E-state index contributed by atoms with van der Waals surface area (Å²) in [6.07, 6.45) is 8.04. The highest BCUT2D eigenvalue weighted by atomic mass is 16.3. The van der Waals surface area contributed by atoms with Crippen LogP contribution in [-0.2, 0) is 6.42 Å². The Hall–Kier alpha value is -1.28. The van der Waals surface area contributed by atoms with Gasteiger partial charge in [-0.2, -0.15) is 0 Å². The normalized spacial score (nSPS) is 18.6. The Bertz CT molecular complexity index is 535. The molecule has 18 heavy (non-hydrogen) atoms. The van der Waals surface area contributed by atoms with E-state index in [0.29, 0.717) is 6.04 Å². The molecule has 96 valence electrons. The van der Waals surface area contributed by atoms with Crippen molar-refractivity contribution in [1.29, 1.82) is 0 Å². The second kappa shape index (κ2) is 4.77. The largest absolute Gasteiger partial charge is 0.393 e. The second-order valence-electron chi connectivity index (χ2n) is 5.61. The van der Waals surface area contributed by atoms with Gasteiger partial charge in [-0.3, -0.25) is 0 Å². The molecule has 0 bridgehead atoms. The van der Waals surface area contributed by atoms with E-state index < -0.39 is 0 Å². The topological polar surface area (TPSA) is 25.2 Å². The van der Waals surface area contributed by atoms with Crippen LogP contribution in [-0.4, -0.2) is 15.8 Å². The van der Waals surface area contributed by atoms with Crippen LogP contribution in [0.1, 0.15) is 44.2 Å². The summed E-state index contributed by atoms with van der Waals surface area (Å²) in [6, 6.07) is 9.46. The van der Waals surface area contributed by atoms with E-state index in [1.165, 1.54) is 42.1 Å². The van der Waals surface area contributed by atoms with E-state index in [1.807, 2.05) is 6.92 Å². The van der Waals surface area contributed by atoms with Crippen molar-refractivity contribution < 1.29 is 5.11 Å². The minimum Gasteiger partial charge on any atom is -0.393 e. The van der Waals surface area contributed by atoms with Crippen LogP contribution < -0.4 is 0 Å². The van der Waals surface area contributed by atoms with Crippen molar-refractivity contribution in [1.82, 2.24) is 4.57 Å². The van der Waals surface area contributed by atoms with Gasteiger partial charge in [0, 0.05) is 17.8 Å². The van der Waals surface area contributed by atoms with Gasteiger partial charge in [-0.05, 0) is 49.3 Å². The molecule has 2 heteroatoms. The Labute approximate surface area is 108 Å². The summed E-state index contributed by atoms with van der Waals surface area (Å²) in [5.41, 5.74) is 2.57. The standard InChI is InChI=1S/C16H21NO/c1-12(18)10-13-6-7-14-8-9-17(16(14)11-13)15-4-2-3-5-15/h6-9,11-12,15,18H,2-5,10H2,1H3. The van der Waals surface area contributed by atoms with Crippen LogP contribution in [0.4, 0.5) is 0 Å². The smallest absolute Gasteiger partial charge is 0.0552 e. The number of aliphatic hydroxyl groups is 1. The highest BCUT2D eigenvalue weighted by molar-refractivity contribution is 5.81. The zero-order chi connectivity index (χ0) is 12.5. The highest BCUT2D eigenvalue weighted by Gasteiger charge is 2.18. The maximum atomic E-state index is 9.50. The molecule has 2 nitrogen and oxygen atoms in total. The lowest BCUT2D eigenvalue weighted by Gasteiger charge is -2.14. The fourth-order valence-corrected chi connectivity index (χ4v) is 3.16. The van der Waals surface area contributed by atoms with E-state index in [2.05, 4.69) is 35.0 Å². The van der Waals surface area contributed by atoms with Crippen molar-refractivity contribution in [3.05, 3.63) is 36.0 Å². The van der Waals surface area contributed by atoms with Gasteiger partial charge >= 0.3 is 0 Å². The van der Waals surface area contributed by atoms with Crippen molar-refractivity contribution in [3.63, 3.8) is 0 Å². The molecule has 0 saturated heterocycles. The van der Waals surface area contributed by atoms with Crippen LogP contribution in [0.25, 0.3) is 10.9 Å². The Morgan fingerprint density at radius 2 is 2.06 bits per heavy atom. The monoisotopic (exact) mass is 243 g/mol. The predicted molar refractivity (Wildman–Crippen MR) is 74.8 cm³/mol. The predicted octanol–water partition coefficient (Wildman–Crippen LogP) is 3.68. The zero-order valence-electron chi connectivity index (χ0n) is 11.0. The molecule has 0 aliphatic heterocycles. The number of benzene rings is 1. The van der Waals surface area contributed by atoms with Gasteiger partial charge in [0.25, 0.3) is 0 Å². The number of rotatable bonds is 3. The number of aliphatic hydroxyl groups excluding tert-OH is 1. The molecule has 1 aromatic heterocycles. The van der Waals surface area contributed by atoms with Crippen molar-refractivity contribution in [2.24, 2.45) is 0 Å². The van der Waals surface area contributed by atoms with Gasteiger partial charge in [0.1, 0.15) is 0 Å². The summed E-state index contributed by atoms with van der Waals surface area (Å²) < 4.78 is 2.44. The molecule has 2 aromatic rings. The molecule has 1 fully saturated rings. The number of aromatic nitrogens is 1. The molecule has 0 radical (unpaired) electrons. The van der Waals surface area contributed by atoms with E-state index in [4.69, 9.17) is 0 Å². The Balaban J connectivity index is 1.99. The Morgan fingerprint density at radius 3 is 2.78 bits per heavy atom. The van der Waals surface area contributed by atoms with Gasteiger partial charge in [0.05, 0.1) is 6.10 Å². The van der Waals surface area contributed by atoms with Crippen LogP contribution in [0.15, 0.2) is 30.5 Å². The number of hydrogen-bond acceptors (Lipinski definition) is 1. The zero-order valence-corrected chi connectivity index (χ0v) is 11.0. The third-order valence-electron chi connectivity index (χ3n) is 4.04. The van der Waals surface area contributed by atoms with E-state index in [1.54, 1.807) is 0 Å². The molecular weight excluding hydrogens is 222 g/mol. The molecule has 1 saturated carbocycles. The molecular formula is C16H21NO. The molecule has 1 atom stereocenters. The number of hydrogen-bond donors (Lipinski definition) is 1. The third kappa shape index (κ3) is 2.17. The van der Waals surface area contributed by atoms with E-state index >= 15 is 0 Å². The quantitative estimate of drug-likeness (QED) is 0.874. The third-order valence-corrected chi connectivity index (χ3v) is 4.04. The summed E-state index contributed by atoms with van der Waals surface area (Å²) in [4.78, 5) is 0. The fourth-order valence-electron chi connectivity index (χ4n) is 3.16. The van der Waals surface area contributed by atoms with Crippen molar-refractivity contribution in [2.45, 2.75) is 51.2 Å². The first-order chi connectivity index (χ1) is 8.74. The van der Waals surface area contributed by atoms with Crippen molar-refractivity contribution in [3.8, 4) is 0 Å². The molecule has 1 heterocycles. The van der Waals surface area contributed by atoms with Gasteiger partial charge in [-0.1, -0.05) is 25.0 Å². The van der Waals surface area contributed by atoms with Gasteiger partial charge in [-0.25, -0.2) is 0 Å². The maximum absolute atomic E-state index is 9.50. The summed E-state index contributed by atoms with van der Waals surface area (Å²) in [7, 11) is 0.